The molecule has 1 fully saturated rings. The number of amides is 2. The van der Waals surface area contributed by atoms with Crippen molar-refractivity contribution in [2.24, 2.45) is 0 Å². The highest BCUT2D eigenvalue weighted by molar-refractivity contribution is 5.78. The zero-order chi connectivity index (χ0) is 13.4. The normalized spacial score (nSPS) is 15.6. The van der Waals surface area contributed by atoms with Gasteiger partial charge in [0.05, 0.1) is 6.54 Å². The van der Waals surface area contributed by atoms with Crippen LogP contribution in [0.15, 0.2) is 0 Å². The van der Waals surface area contributed by atoms with E-state index in [1.54, 1.807) is 11.9 Å². The Balaban J connectivity index is 2.10. The van der Waals surface area contributed by atoms with Gasteiger partial charge in [0.25, 0.3) is 0 Å². The predicted octanol–water partition coefficient (Wildman–Crippen LogP) is 0.457. The van der Waals surface area contributed by atoms with Crippen LogP contribution in [0.3, 0.4) is 0 Å². The third-order valence-electron chi connectivity index (χ3n) is 3.40. The number of hydrogen-bond acceptors (Lipinski definition) is 3. The van der Waals surface area contributed by atoms with Crippen LogP contribution in [-0.2, 0) is 9.59 Å². The van der Waals surface area contributed by atoms with Gasteiger partial charge in [0.1, 0.15) is 0 Å². The summed E-state index contributed by atoms with van der Waals surface area (Å²) < 4.78 is 0. The number of hydrogen-bond donors (Lipinski definition) is 1. The Hall–Kier alpha value is -1.10. The number of nitrogens with zero attached hydrogens (tertiary/aromatic N) is 2. The van der Waals surface area contributed by atoms with Crippen LogP contribution in [0.25, 0.3) is 0 Å². The Morgan fingerprint density at radius 3 is 2.50 bits per heavy atom. The van der Waals surface area contributed by atoms with Crippen LogP contribution in [0.5, 0.6) is 0 Å². The fourth-order valence-electron chi connectivity index (χ4n) is 2.00. The minimum absolute atomic E-state index is 0.0721. The van der Waals surface area contributed by atoms with Crippen LogP contribution < -0.4 is 5.32 Å². The van der Waals surface area contributed by atoms with E-state index in [4.69, 9.17) is 0 Å². The van der Waals surface area contributed by atoms with Crippen LogP contribution in [0.2, 0.25) is 0 Å². The molecular formula is C13H25N3O2. The lowest BCUT2D eigenvalue weighted by atomic mass is 10.1. The lowest BCUT2D eigenvalue weighted by Gasteiger charge is -2.26. The zero-order valence-electron chi connectivity index (χ0n) is 11.6. The van der Waals surface area contributed by atoms with E-state index >= 15 is 0 Å². The second-order valence-electron chi connectivity index (χ2n) is 4.78. The van der Waals surface area contributed by atoms with E-state index in [1.807, 2.05) is 11.8 Å². The highest BCUT2D eigenvalue weighted by Crippen LogP contribution is 2.09. The summed E-state index contributed by atoms with van der Waals surface area (Å²) in [6, 6.07) is 0. The molecule has 2 amide bonds. The van der Waals surface area contributed by atoms with Gasteiger partial charge in [0.15, 0.2) is 0 Å². The molecule has 1 saturated heterocycles. The van der Waals surface area contributed by atoms with E-state index in [0.29, 0.717) is 26.1 Å². The lowest BCUT2D eigenvalue weighted by molar-refractivity contribution is -0.132. The zero-order valence-corrected chi connectivity index (χ0v) is 11.6. The first-order valence-corrected chi connectivity index (χ1v) is 6.87. The maximum atomic E-state index is 11.8. The molecule has 18 heavy (non-hydrogen) atoms. The summed E-state index contributed by atoms with van der Waals surface area (Å²) in [5.41, 5.74) is 0. The van der Waals surface area contributed by atoms with E-state index in [9.17, 15) is 9.59 Å². The minimum atomic E-state index is 0.0721. The number of rotatable bonds is 6. The van der Waals surface area contributed by atoms with Crippen molar-refractivity contribution in [2.75, 3.05) is 39.8 Å². The molecule has 0 spiro atoms. The van der Waals surface area contributed by atoms with Gasteiger partial charge in [-0.15, -0.1) is 0 Å². The Kier molecular flexibility index (Phi) is 6.72. The molecule has 0 unspecified atom stereocenters. The number of carbonyl (C=O) groups is 2. The molecule has 0 saturated carbocycles. The van der Waals surface area contributed by atoms with Crippen molar-refractivity contribution in [1.29, 1.82) is 0 Å². The van der Waals surface area contributed by atoms with E-state index in [-0.39, 0.29) is 11.8 Å². The Labute approximate surface area is 110 Å². The van der Waals surface area contributed by atoms with Crippen LogP contribution in [0, 0.1) is 0 Å². The summed E-state index contributed by atoms with van der Waals surface area (Å²) in [6.07, 6.45) is 3.97. The second kappa shape index (κ2) is 8.08. The second-order valence-corrected chi connectivity index (χ2v) is 4.78. The van der Waals surface area contributed by atoms with Crippen LogP contribution in [0.1, 0.15) is 32.6 Å². The summed E-state index contributed by atoms with van der Waals surface area (Å²) in [5.74, 6) is 0.279. The molecule has 0 bridgehead atoms. The molecule has 5 nitrogen and oxygen atoms in total. The SMILES string of the molecule is CCN(C)C(=O)CNCCC(=O)N1CCCCC1. The van der Waals surface area contributed by atoms with Gasteiger partial charge in [-0.05, 0) is 26.2 Å². The van der Waals surface area contributed by atoms with Crippen molar-refractivity contribution in [2.45, 2.75) is 32.6 Å². The van der Waals surface area contributed by atoms with Gasteiger partial charge in [-0.1, -0.05) is 0 Å². The molecule has 104 valence electrons. The highest BCUT2D eigenvalue weighted by atomic mass is 16.2. The van der Waals surface area contributed by atoms with Gasteiger partial charge >= 0.3 is 0 Å². The molecule has 1 aliphatic rings. The number of piperidine rings is 1. The summed E-state index contributed by atoms with van der Waals surface area (Å²) in [4.78, 5) is 26.9. The molecule has 0 aromatic heterocycles. The first-order chi connectivity index (χ1) is 8.65. The number of carbonyl (C=O) groups excluding carboxylic acids is 2. The molecule has 1 heterocycles. The Morgan fingerprint density at radius 1 is 1.22 bits per heavy atom. The first-order valence-electron chi connectivity index (χ1n) is 6.87. The standard InChI is InChI=1S/C13H25N3O2/c1-3-15(2)13(18)11-14-8-7-12(17)16-9-5-4-6-10-16/h14H,3-11H2,1-2H3. The van der Waals surface area contributed by atoms with Crippen LogP contribution >= 0.6 is 0 Å². The van der Waals surface area contributed by atoms with Gasteiger partial charge in [-0.3, -0.25) is 9.59 Å². The van der Waals surface area contributed by atoms with Crippen LogP contribution in [-0.4, -0.2) is 61.4 Å². The van der Waals surface area contributed by atoms with Crippen molar-refractivity contribution in [3.63, 3.8) is 0 Å². The third-order valence-corrected chi connectivity index (χ3v) is 3.40. The Bertz CT molecular complexity index is 275. The van der Waals surface area contributed by atoms with Gasteiger partial charge < -0.3 is 15.1 Å². The summed E-state index contributed by atoms with van der Waals surface area (Å²) in [7, 11) is 1.78. The van der Waals surface area contributed by atoms with E-state index in [1.165, 1.54) is 6.42 Å². The first kappa shape index (κ1) is 15.0. The lowest BCUT2D eigenvalue weighted by Crippen LogP contribution is -2.39. The smallest absolute Gasteiger partial charge is 0.236 e. The van der Waals surface area contributed by atoms with Gasteiger partial charge in [-0.25, -0.2) is 0 Å². The largest absolute Gasteiger partial charge is 0.345 e. The average Bonchev–Trinajstić information content (AvgIpc) is 2.43. The molecule has 0 aromatic rings. The van der Waals surface area contributed by atoms with Crippen molar-refractivity contribution in [1.82, 2.24) is 15.1 Å². The maximum absolute atomic E-state index is 11.8. The molecule has 0 aliphatic carbocycles. The van der Waals surface area contributed by atoms with Gasteiger partial charge in [-0.2, -0.15) is 0 Å². The van der Waals surface area contributed by atoms with Crippen molar-refractivity contribution < 1.29 is 9.59 Å². The molecule has 0 radical (unpaired) electrons. The van der Waals surface area contributed by atoms with Gasteiger partial charge in [0, 0.05) is 39.6 Å². The quantitative estimate of drug-likeness (QED) is 0.701. The molecule has 0 atom stereocenters. The van der Waals surface area contributed by atoms with Gasteiger partial charge in [0.2, 0.25) is 11.8 Å². The summed E-state index contributed by atoms with van der Waals surface area (Å²) in [6.45, 7) is 5.36. The van der Waals surface area contributed by atoms with Crippen LogP contribution in [0.4, 0.5) is 0 Å². The molecule has 1 aliphatic heterocycles. The van der Waals surface area contributed by atoms with E-state index in [2.05, 4.69) is 5.32 Å². The maximum Gasteiger partial charge on any atom is 0.236 e. The Morgan fingerprint density at radius 2 is 1.89 bits per heavy atom. The highest BCUT2D eigenvalue weighted by Gasteiger charge is 2.15. The minimum Gasteiger partial charge on any atom is -0.345 e. The third kappa shape index (κ3) is 5.04. The number of nitrogens with one attached hydrogen (secondary N) is 1. The summed E-state index contributed by atoms with van der Waals surface area (Å²) >= 11 is 0. The topological polar surface area (TPSA) is 52.7 Å². The van der Waals surface area contributed by atoms with Crippen molar-refractivity contribution in [3.8, 4) is 0 Å². The fraction of sp³-hybridized carbons (Fsp3) is 0.846. The molecule has 0 aromatic carbocycles. The van der Waals surface area contributed by atoms with E-state index < -0.39 is 0 Å². The number of likely N-dealkylation sites (N-methyl/N-ethyl adjacent to an activating group) is 1. The predicted molar refractivity (Wildman–Crippen MR) is 71.2 cm³/mol. The molecule has 1 N–H and O–H groups in total. The molecule has 5 heteroatoms. The average molecular weight is 255 g/mol. The van der Waals surface area contributed by atoms with Crippen molar-refractivity contribution in [3.05, 3.63) is 0 Å². The molecular weight excluding hydrogens is 230 g/mol. The van der Waals surface area contributed by atoms with Crippen molar-refractivity contribution >= 4 is 11.8 Å². The van der Waals surface area contributed by atoms with E-state index in [0.717, 1.165) is 25.9 Å². The molecule has 1 rings (SSSR count). The summed E-state index contributed by atoms with van der Waals surface area (Å²) in [5, 5.41) is 3.03. The number of likely N-dealkylation sites (tertiary alicyclic amines) is 1. The monoisotopic (exact) mass is 255 g/mol. The fourth-order valence-corrected chi connectivity index (χ4v) is 2.00.